The second-order valence-corrected chi connectivity index (χ2v) is 5.71. The molecule has 23 heavy (non-hydrogen) atoms. The first-order chi connectivity index (χ1) is 10.5. The van der Waals surface area contributed by atoms with Crippen molar-refractivity contribution < 1.29 is 9.13 Å². The van der Waals surface area contributed by atoms with Gasteiger partial charge in [-0.25, -0.2) is 4.39 Å². The molecule has 0 bridgehead atoms. The van der Waals surface area contributed by atoms with Gasteiger partial charge in [-0.05, 0) is 31.5 Å². The van der Waals surface area contributed by atoms with Gasteiger partial charge in [0.15, 0.2) is 5.96 Å². The highest BCUT2D eigenvalue weighted by Gasteiger charge is 2.20. The van der Waals surface area contributed by atoms with Crippen molar-refractivity contribution >= 4 is 29.9 Å². The topological polar surface area (TPSA) is 45.7 Å². The SMILES string of the molecule is CCNC(=NCC(C)(C)c1cccc(F)c1)NCCOCC.I. The fourth-order valence-electron chi connectivity index (χ4n) is 2.01. The van der Waals surface area contributed by atoms with Crippen LogP contribution in [0.5, 0.6) is 0 Å². The van der Waals surface area contributed by atoms with Crippen molar-refractivity contribution in [3.63, 3.8) is 0 Å². The predicted molar refractivity (Wildman–Crippen MR) is 105 cm³/mol. The van der Waals surface area contributed by atoms with E-state index in [1.54, 1.807) is 12.1 Å². The Labute approximate surface area is 156 Å². The second-order valence-electron chi connectivity index (χ2n) is 5.71. The van der Waals surface area contributed by atoms with E-state index in [0.29, 0.717) is 26.3 Å². The molecule has 0 aliphatic rings. The highest BCUT2D eigenvalue weighted by molar-refractivity contribution is 14.0. The molecular weight excluding hydrogens is 408 g/mol. The van der Waals surface area contributed by atoms with Crippen molar-refractivity contribution in [3.05, 3.63) is 35.6 Å². The van der Waals surface area contributed by atoms with Crippen LogP contribution in [0.15, 0.2) is 29.3 Å². The van der Waals surface area contributed by atoms with Gasteiger partial charge in [0.1, 0.15) is 5.82 Å². The van der Waals surface area contributed by atoms with E-state index in [4.69, 9.17) is 4.74 Å². The molecule has 0 spiro atoms. The van der Waals surface area contributed by atoms with Gasteiger partial charge in [-0.1, -0.05) is 26.0 Å². The van der Waals surface area contributed by atoms with E-state index in [0.717, 1.165) is 18.1 Å². The largest absolute Gasteiger partial charge is 0.380 e. The zero-order valence-corrected chi connectivity index (χ0v) is 16.8. The zero-order chi connectivity index (χ0) is 16.4. The van der Waals surface area contributed by atoms with Crippen LogP contribution in [0.1, 0.15) is 33.3 Å². The molecule has 0 radical (unpaired) electrons. The van der Waals surface area contributed by atoms with Gasteiger partial charge in [-0.3, -0.25) is 4.99 Å². The first kappa shape index (κ1) is 22.1. The summed E-state index contributed by atoms with van der Waals surface area (Å²) in [4.78, 5) is 4.61. The number of hydrogen-bond donors (Lipinski definition) is 2. The molecule has 132 valence electrons. The van der Waals surface area contributed by atoms with Crippen molar-refractivity contribution in [2.75, 3.05) is 32.8 Å². The second kappa shape index (κ2) is 11.6. The molecule has 2 N–H and O–H groups in total. The lowest BCUT2D eigenvalue weighted by molar-refractivity contribution is 0.152. The fourth-order valence-corrected chi connectivity index (χ4v) is 2.01. The summed E-state index contributed by atoms with van der Waals surface area (Å²) in [6.45, 7) is 11.6. The number of rotatable bonds is 8. The molecule has 0 fully saturated rings. The Morgan fingerprint density at radius 2 is 2.00 bits per heavy atom. The minimum absolute atomic E-state index is 0. The van der Waals surface area contributed by atoms with Gasteiger partial charge in [0.25, 0.3) is 0 Å². The fraction of sp³-hybridized carbons (Fsp3) is 0.588. The van der Waals surface area contributed by atoms with Crippen LogP contribution >= 0.6 is 24.0 Å². The summed E-state index contributed by atoms with van der Waals surface area (Å²) < 4.78 is 18.7. The monoisotopic (exact) mass is 437 g/mol. The summed E-state index contributed by atoms with van der Waals surface area (Å²) in [6, 6.07) is 6.71. The van der Waals surface area contributed by atoms with Gasteiger partial charge in [0.05, 0.1) is 13.2 Å². The smallest absolute Gasteiger partial charge is 0.191 e. The summed E-state index contributed by atoms with van der Waals surface area (Å²) in [5.74, 6) is 0.544. The summed E-state index contributed by atoms with van der Waals surface area (Å²) in [7, 11) is 0. The van der Waals surface area contributed by atoms with Crippen LogP contribution in [0, 0.1) is 5.82 Å². The van der Waals surface area contributed by atoms with E-state index in [9.17, 15) is 4.39 Å². The van der Waals surface area contributed by atoms with Gasteiger partial charge in [-0.15, -0.1) is 24.0 Å². The lowest BCUT2D eigenvalue weighted by Gasteiger charge is -2.24. The van der Waals surface area contributed by atoms with Crippen LogP contribution in [0.4, 0.5) is 4.39 Å². The minimum Gasteiger partial charge on any atom is -0.380 e. The Hall–Kier alpha value is -0.890. The first-order valence-electron chi connectivity index (χ1n) is 7.85. The molecule has 0 saturated heterocycles. The molecule has 0 unspecified atom stereocenters. The summed E-state index contributed by atoms with van der Waals surface area (Å²) in [5.41, 5.74) is 0.714. The summed E-state index contributed by atoms with van der Waals surface area (Å²) >= 11 is 0. The number of aliphatic imine (C=N–C) groups is 1. The lowest BCUT2D eigenvalue weighted by Crippen LogP contribution is -2.40. The highest BCUT2D eigenvalue weighted by Crippen LogP contribution is 2.23. The summed E-state index contributed by atoms with van der Waals surface area (Å²) in [5, 5.41) is 6.43. The maximum absolute atomic E-state index is 13.4. The third-order valence-electron chi connectivity index (χ3n) is 3.33. The van der Waals surface area contributed by atoms with Gasteiger partial charge < -0.3 is 15.4 Å². The Kier molecular flexibility index (Phi) is 11.2. The highest BCUT2D eigenvalue weighted by atomic mass is 127. The van der Waals surface area contributed by atoms with Crippen molar-refractivity contribution in [2.45, 2.75) is 33.1 Å². The van der Waals surface area contributed by atoms with E-state index in [2.05, 4.69) is 29.5 Å². The Morgan fingerprint density at radius 1 is 1.26 bits per heavy atom. The normalized spacial score (nSPS) is 11.8. The van der Waals surface area contributed by atoms with Crippen molar-refractivity contribution in [3.8, 4) is 0 Å². The zero-order valence-electron chi connectivity index (χ0n) is 14.5. The Morgan fingerprint density at radius 3 is 2.61 bits per heavy atom. The Bertz CT molecular complexity index is 481. The van der Waals surface area contributed by atoms with Crippen molar-refractivity contribution in [1.29, 1.82) is 0 Å². The quantitative estimate of drug-likeness (QED) is 0.284. The maximum atomic E-state index is 13.4. The number of benzene rings is 1. The van der Waals surface area contributed by atoms with E-state index in [1.165, 1.54) is 6.07 Å². The molecule has 0 atom stereocenters. The third kappa shape index (κ3) is 8.50. The standard InChI is InChI=1S/C17H28FN3O.HI/c1-5-19-16(20-10-11-22-6-2)21-13-17(3,4)14-8-7-9-15(18)12-14;/h7-9,12H,5-6,10-11,13H2,1-4H3,(H2,19,20,21);1H. The molecule has 1 aromatic rings. The lowest BCUT2D eigenvalue weighted by atomic mass is 9.85. The van der Waals surface area contributed by atoms with E-state index >= 15 is 0 Å². The molecule has 0 aromatic heterocycles. The Balaban J connectivity index is 0.00000484. The predicted octanol–water partition coefficient (Wildman–Crippen LogP) is 3.31. The van der Waals surface area contributed by atoms with Gasteiger partial charge in [0.2, 0.25) is 0 Å². The van der Waals surface area contributed by atoms with Crippen molar-refractivity contribution in [2.24, 2.45) is 4.99 Å². The van der Waals surface area contributed by atoms with Gasteiger partial charge in [0, 0.05) is 25.1 Å². The number of halogens is 2. The van der Waals surface area contributed by atoms with Crippen LogP contribution in [0.2, 0.25) is 0 Å². The molecular formula is C17H29FIN3O. The molecule has 1 aromatic carbocycles. The van der Waals surface area contributed by atoms with Crippen LogP contribution in [-0.4, -0.2) is 38.8 Å². The van der Waals surface area contributed by atoms with E-state index in [1.807, 2.05) is 19.9 Å². The minimum atomic E-state index is -0.232. The van der Waals surface area contributed by atoms with Crippen LogP contribution in [0.25, 0.3) is 0 Å². The molecule has 0 heterocycles. The van der Waals surface area contributed by atoms with Crippen LogP contribution in [0.3, 0.4) is 0 Å². The van der Waals surface area contributed by atoms with E-state index in [-0.39, 0.29) is 35.2 Å². The maximum Gasteiger partial charge on any atom is 0.191 e. The first-order valence-corrected chi connectivity index (χ1v) is 7.85. The van der Waals surface area contributed by atoms with E-state index < -0.39 is 0 Å². The number of guanidine groups is 1. The molecule has 0 saturated carbocycles. The average molecular weight is 437 g/mol. The average Bonchev–Trinajstić information content (AvgIpc) is 2.49. The molecule has 4 nitrogen and oxygen atoms in total. The number of ether oxygens (including phenoxy) is 1. The van der Waals surface area contributed by atoms with Crippen molar-refractivity contribution in [1.82, 2.24) is 10.6 Å². The van der Waals surface area contributed by atoms with Gasteiger partial charge in [-0.2, -0.15) is 0 Å². The van der Waals surface area contributed by atoms with Crippen LogP contribution < -0.4 is 10.6 Å². The molecule has 0 aliphatic carbocycles. The third-order valence-corrected chi connectivity index (χ3v) is 3.33. The summed E-state index contributed by atoms with van der Waals surface area (Å²) in [6.07, 6.45) is 0. The van der Waals surface area contributed by atoms with Gasteiger partial charge >= 0.3 is 0 Å². The van der Waals surface area contributed by atoms with Crippen LogP contribution in [-0.2, 0) is 10.2 Å². The molecule has 0 amide bonds. The molecule has 1 rings (SSSR count). The molecule has 0 aliphatic heterocycles. The number of hydrogen-bond acceptors (Lipinski definition) is 2. The molecule has 6 heteroatoms. The number of nitrogens with one attached hydrogen (secondary N) is 2. The number of nitrogens with zero attached hydrogens (tertiary/aromatic N) is 1.